The average molecular weight is 279 g/mol. The summed E-state index contributed by atoms with van der Waals surface area (Å²) in [4.78, 5) is 15.8. The molecule has 2 aromatic rings. The van der Waals surface area contributed by atoms with Crippen LogP contribution < -0.4 is 5.43 Å². The Morgan fingerprint density at radius 3 is 2.67 bits per heavy atom. The number of nitrogens with zero attached hydrogens (tertiary/aromatic N) is 2. The third kappa shape index (κ3) is 2.99. The van der Waals surface area contributed by atoms with Gasteiger partial charge in [0.15, 0.2) is 0 Å². The zero-order valence-corrected chi connectivity index (χ0v) is 12.0. The van der Waals surface area contributed by atoms with Gasteiger partial charge in [-0.25, -0.2) is 5.43 Å². The Balaban J connectivity index is 1.73. The van der Waals surface area contributed by atoms with Gasteiger partial charge in [0.1, 0.15) is 0 Å². The molecule has 1 N–H and O–H groups in total. The van der Waals surface area contributed by atoms with Crippen molar-refractivity contribution < 1.29 is 4.79 Å². The van der Waals surface area contributed by atoms with Crippen LogP contribution in [0, 0.1) is 0 Å². The molecule has 3 rings (SSSR count). The molecular weight excluding hydrogens is 262 g/mol. The van der Waals surface area contributed by atoms with Gasteiger partial charge in [-0.15, -0.1) is 0 Å². The van der Waals surface area contributed by atoms with E-state index >= 15 is 0 Å². The number of pyridine rings is 1. The second kappa shape index (κ2) is 5.87. The van der Waals surface area contributed by atoms with Crippen LogP contribution in [-0.2, 0) is 12.8 Å². The van der Waals surface area contributed by atoms with Crippen molar-refractivity contribution in [1.82, 2.24) is 10.4 Å². The highest BCUT2D eigenvalue weighted by Gasteiger charge is 2.11. The minimum absolute atomic E-state index is 0.224. The molecule has 106 valence electrons. The number of hydrogen-bond acceptors (Lipinski definition) is 3. The van der Waals surface area contributed by atoms with Crippen molar-refractivity contribution in [2.75, 3.05) is 0 Å². The Labute approximate surface area is 123 Å². The fraction of sp³-hybridized carbons (Fsp3) is 0.235. The first-order valence-electron chi connectivity index (χ1n) is 7.11. The highest BCUT2D eigenvalue weighted by atomic mass is 16.2. The molecular formula is C17H17N3O. The van der Waals surface area contributed by atoms with Gasteiger partial charge in [-0.05, 0) is 61.1 Å². The Bertz CT molecular complexity index is 692. The normalized spacial score (nSPS) is 13.9. The van der Waals surface area contributed by atoms with Gasteiger partial charge in [0.25, 0.3) is 5.91 Å². The van der Waals surface area contributed by atoms with Gasteiger partial charge < -0.3 is 0 Å². The molecule has 1 aromatic carbocycles. The molecule has 0 atom stereocenters. The summed E-state index contributed by atoms with van der Waals surface area (Å²) in [6.45, 7) is 1.91. The second-order valence-corrected chi connectivity index (χ2v) is 5.21. The molecule has 1 aromatic heterocycles. The van der Waals surface area contributed by atoms with E-state index in [1.165, 1.54) is 24.0 Å². The van der Waals surface area contributed by atoms with Crippen molar-refractivity contribution >= 4 is 11.6 Å². The second-order valence-electron chi connectivity index (χ2n) is 5.21. The fourth-order valence-corrected chi connectivity index (χ4v) is 2.56. The molecule has 1 aliphatic rings. The lowest BCUT2D eigenvalue weighted by Gasteiger charge is -2.05. The van der Waals surface area contributed by atoms with Crippen molar-refractivity contribution in [3.05, 3.63) is 65.0 Å². The molecule has 0 saturated heterocycles. The number of hydrazone groups is 1. The van der Waals surface area contributed by atoms with Crippen molar-refractivity contribution in [1.29, 1.82) is 0 Å². The first kappa shape index (κ1) is 13.5. The summed E-state index contributed by atoms with van der Waals surface area (Å²) in [7, 11) is 0. The summed E-state index contributed by atoms with van der Waals surface area (Å²) < 4.78 is 0. The van der Waals surface area contributed by atoms with Crippen LogP contribution in [0.5, 0.6) is 0 Å². The van der Waals surface area contributed by atoms with Crippen LogP contribution in [0.2, 0.25) is 0 Å². The zero-order chi connectivity index (χ0) is 14.7. The Morgan fingerprint density at radius 2 is 1.86 bits per heavy atom. The molecule has 21 heavy (non-hydrogen) atoms. The summed E-state index contributed by atoms with van der Waals surface area (Å²) in [6.07, 6.45) is 6.72. The molecule has 0 unspecified atom stereocenters. The van der Waals surface area contributed by atoms with Crippen molar-refractivity contribution in [3.63, 3.8) is 0 Å². The Hall–Kier alpha value is -2.49. The molecule has 1 aliphatic carbocycles. The Kier molecular flexibility index (Phi) is 3.77. The third-order valence-electron chi connectivity index (χ3n) is 3.78. The van der Waals surface area contributed by atoms with E-state index in [0.29, 0.717) is 5.56 Å². The standard InChI is InChI=1S/C17H17N3O/c1-12(15-6-5-13-3-2-4-16(13)11-15)19-20-17(21)14-7-9-18-10-8-14/h5-11H,2-4H2,1H3,(H,20,21)/b19-12-. The number of rotatable bonds is 3. The fourth-order valence-electron chi connectivity index (χ4n) is 2.56. The van der Waals surface area contributed by atoms with Gasteiger partial charge in [0.05, 0.1) is 5.71 Å². The van der Waals surface area contributed by atoms with Crippen LogP contribution >= 0.6 is 0 Å². The van der Waals surface area contributed by atoms with Crippen LogP contribution in [0.25, 0.3) is 0 Å². The first-order chi connectivity index (χ1) is 10.2. The predicted molar refractivity (Wildman–Crippen MR) is 82.4 cm³/mol. The van der Waals surface area contributed by atoms with Crippen LogP contribution in [0.4, 0.5) is 0 Å². The topological polar surface area (TPSA) is 54.4 Å². The summed E-state index contributed by atoms with van der Waals surface area (Å²) in [5.74, 6) is -0.224. The molecule has 1 heterocycles. The van der Waals surface area contributed by atoms with E-state index < -0.39 is 0 Å². The van der Waals surface area contributed by atoms with Crippen LogP contribution in [-0.4, -0.2) is 16.6 Å². The number of fused-ring (bicyclic) bond motifs is 1. The third-order valence-corrected chi connectivity index (χ3v) is 3.78. The van der Waals surface area contributed by atoms with Crippen LogP contribution in [0.3, 0.4) is 0 Å². The van der Waals surface area contributed by atoms with Gasteiger partial charge in [-0.3, -0.25) is 9.78 Å². The smallest absolute Gasteiger partial charge is 0.267 e. The molecule has 1 amide bonds. The SMILES string of the molecule is C/C(=N/NC(=O)c1ccncc1)c1ccc2c(c1)CCC2. The lowest BCUT2D eigenvalue weighted by molar-refractivity contribution is 0.0954. The largest absolute Gasteiger partial charge is 0.271 e. The molecule has 4 heteroatoms. The summed E-state index contributed by atoms with van der Waals surface area (Å²) >= 11 is 0. The number of hydrogen-bond donors (Lipinski definition) is 1. The van der Waals surface area contributed by atoms with Crippen LogP contribution in [0.15, 0.2) is 47.8 Å². The number of carbonyl (C=O) groups excluding carboxylic acids is 1. The van der Waals surface area contributed by atoms with Crippen molar-refractivity contribution in [2.24, 2.45) is 5.10 Å². The number of amides is 1. The van der Waals surface area contributed by atoms with E-state index in [1.807, 2.05) is 6.92 Å². The van der Waals surface area contributed by atoms with E-state index in [4.69, 9.17) is 0 Å². The number of benzene rings is 1. The molecule has 0 fully saturated rings. The number of aromatic nitrogens is 1. The molecule has 0 spiro atoms. The van der Waals surface area contributed by atoms with Gasteiger partial charge in [0, 0.05) is 18.0 Å². The highest BCUT2D eigenvalue weighted by molar-refractivity contribution is 6.01. The first-order valence-corrected chi connectivity index (χ1v) is 7.11. The lowest BCUT2D eigenvalue weighted by atomic mass is 10.0. The van der Waals surface area contributed by atoms with E-state index in [9.17, 15) is 4.79 Å². The zero-order valence-electron chi connectivity index (χ0n) is 12.0. The van der Waals surface area contributed by atoms with Crippen molar-refractivity contribution in [3.8, 4) is 0 Å². The van der Waals surface area contributed by atoms with Crippen molar-refractivity contribution in [2.45, 2.75) is 26.2 Å². The molecule has 0 aliphatic heterocycles. The number of carbonyl (C=O) groups is 1. The summed E-state index contributed by atoms with van der Waals surface area (Å²) in [5, 5.41) is 4.19. The number of aryl methyl sites for hydroxylation is 2. The Morgan fingerprint density at radius 1 is 1.10 bits per heavy atom. The minimum atomic E-state index is -0.224. The monoisotopic (exact) mass is 279 g/mol. The van der Waals surface area contributed by atoms with Crippen LogP contribution in [0.1, 0.15) is 40.4 Å². The summed E-state index contributed by atoms with van der Waals surface area (Å²) in [6, 6.07) is 9.74. The van der Waals surface area contributed by atoms with Gasteiger partial charge in [0.2, 0.25) is 0 Å². The van der Waals surface area contributed by atoms with Gasteiger partial charge in [-0.2, -0.15) is 5.10 Å². The summed E-state index contributed by atoms with van der Waals surface area (Å²) in [5.41, 5.74) is 7.85. The average Bonchev–Trinajstić information content (AvgIpc) is 3.00. The molecule has 0 saturated carbocycles. The molecule has 0 bridgehead atoms. The van der Waals surface area contributed by atoms with E-state index in [-0.39, 0.29) is 5.91 Å². The van der Waals surface area contributed by atoms with Gasteiger partial charge in [-0.1, -0.05) is 12.1 Å². The predicted octanol–water partition coefficient (Wildman–Crippen LogP) is 2.72. The lowest BCUT2D eigenvalue weighted by Crippen LogP contribution is -2.19. The van der Waals surface area contributed by atoms with E-state index in [1.54, 1.807) is 24.5 Å². The minimum Gasteiger partial charge on any atom is -0.267 e. The maximum absolute atomic E-state index is 11.9. The van der Waals surface area contributed by atoms with E-state index in [0.717, 1.165) is 17.7 Å². The molecule has 4 nitrogen and oxygen atoms in total. The van der Waals surface area contributed by atoms with Gasteiger partial charge >= 0.3 is 0 Å². The maximum atomic E-state index is 11.9. The quantitative estimate of drug-likeness (QED) is 0.694. The molecule has 0 radical (unpaired) electrons. The maximum Gasteiger partial charge on any atom is 0.271 e. The highest BCUT2D eigenvalue weighted by Crippen LogP contribution is 2.23. The van der Waals surface area contributed by atoms with E-state index in [2.05, 4.69) is 33.7 Å². The number of nitrogens with one attached hydrogen (secondary N) is 1.